The highest BCUT2D eigenvalue weighted by atomic mass is 16.5. The van der Waals surface area contributed by atoms with Crippen molar-refractivity contribution in [2.75, 3.05) is 37.0 Å². The maximum absolute atomic E-state index is 12.5. The van der Waals surface area contributed by atoms with E-state index in [1.54, 1.807) is 17.3 Å². The molecular formula is C17H20N4O2. The van der Waals surface area contributed by atoms with Crippen LogP contribution in [0.5, 0.6) is 5.75 Å². The number of carbonyl (C=O) groups is 1. The van der Waals surface area contributed by atoms with Crippen LogP contribution in [0, 0.1) is 0 Å². The first-order valence-electron chi connectivity index (χ1n) is 7.53. The molecule has 3 rings (SSSR count). The zero-order chi connectivity index (χ0) is 16.2. The molecule has 0 atom stereocenters. The van der Waals surface area contributed by atoms with Gasteiger partial charge in [0, 0.05) is 44.8 Å². The highest BCUT2D eigenvalue weighted by Gasteiger charge is 2.24. The smallest absolute Gasteiger partial charge is 0.322 e. The molecule has 1 aliphatic rings. The maximum Gasteiger partial charge on any atom is 0.322 e. The van der Waals surface area contributed by atoms with E-state index in [2.05, 4.69) is 10.3 Å². The Bertz CT molecular complexity index is 688. The molecule has 0 saturated heterocycles. The van der Waals surface area contributed by atoms with Crippen molar-refractivity contribution >= 4 is 17.4 Å². The van der Waals surface area contributed by atoms with Crippen LogP contribution in [0.15, 0.2) is 42.7 Å². The average Bonchev–Trinajstić information content (AvgIpc) is 2.59. The van der Waals surface area contributed by atoms with Crippen LogP contribution >= 0.6 is 0 Å². The van der Waals surface area contributed by atoms with Gasteiger partial charge in [0.15, 0.2) is 0 Å². The molecule has 23 heavy (non-hydrogen) atoms. The molecule has 0 bridgehead atoms. The number of amides is 2. The molecule has 0 spiro atoms. The van der Waals surface area contributed by atoms with Crippen LogP contribution in [0.2, 0.25) is 0 Å². The van der Waals surface area contributed by atoms with E-state index < -0.39 is 0 Å². The summed E-state index contributed by atoms with van der Waals surface area (Å²) < 4.78 is 5.70. The van der Waals surface area contributed by atoms with Gasteiger partial charge in [-0.25, -0.2) is 4.79 Å². The number of hydrogen-bond donors (Lipinski definition) is 1. The fraction of sp³-hybridized carbons (Fsp3) is 0.294. The third-order valence-corrected chi connectivity index (χ3v) is 3.73. The van der Waals surface area contributed by atoms with Crippen molar-refractivity contribution < 1.29 is 9.53 Å². The number of urea groups is 1. The van der Waals surface area contributed by atoms with Gasteiger partial charge in [-0.05, 0) is 23.8 Å². The lowest BCUT2D eigenvalue weighted by Crippen LogP contribution is -2.44. The SMILES string of the molecule is CN(C)c1ccc2c(c1)OCCN2C(=O)NCc1cccnc1. The van der Waals surface area contributed by atoms with Gasteiger partial charge < -0.3 is 15.0 Å². The number of nitrogens with one attached hydrogen (secondary N) is 1. The second-order valence-corrected chi connectivity index (χ2v) is 5.57. The van der Waals surface area contributed by atoms with E-state index in [4.69, 9.17) is 4.74 Å². The van der Waals surface area contributed by atoms with E-state index in [-0.39, 0.29) is 6.03 Å². The van der Waals surface area contributed by atoms with Crippen molar-refractivity contribution in [3.05, 3.63) is 48.3 Å². The summed E-state index contributed by atoms with van der Waals surface area (Å²) in [6.45, 7) is 1.48. The van der Waals surface area contributed by atoms with Gasteiger partial charge in [0.1, 0.15) is 12.4 Å². The Morgan fingerprint density at radius 3 is 3.00 bits per heavy atom. The van der Waals surface area contributed by atoms with Crippen molar-refractivity contribution in [1.82, 2.24) is 10.3 Å². The molecule has 1 aromatic heterocycles. The normalized spacial score (nSPS) is 13.0. The van der Waals surface area contributed by atoms with Crippen LogP contribution in [0.4, 0.5) is 16.2 Å². The van der Waals surface area contributed by atoms with Crippen molar-refractivity contribution in [3.63, 3.8) is 0 Å². The number of anilines is 2. The largest absolute Gasteiger partial charge is 0.489 e. The van der Waals surface area contributed by atoms with E-state index in [0.717, 1.165) is 22.7 Å². The number of ether oxygens (including phenoxy) is 1. The van der Waals surface area contributed by atoms with Crippen molar-refractivity contribution in [3.8, 4) is 5.75 Å². The molecule has 120 valence electrons. The summed E-state index contributed by atoms with van der Waals surface area (Å²) in [6, 6.07) is 9.52. The molecule has 0 unspecified atom stereocenters. The second kappa shape index (κ2) is 6.56. The Balaban J connectivity index is 1.73. The summed E-state index contributed by atoms with van der Waals surface area (Å²) in [6.07, 6.45) is 3.46. The van der Waals surface area contributed by atoms with Gasteiger partial charge in [-0.2, -0.15) is 0 Å². The van der Waals surface area contributed by atoms with Crippen molar-refractivity contribution in [2.45, 2.75) is 6.54 Å². The van der Waals surface area contributed by atoms with Crippen LogP contribution in [0.25, 0.3) is 0 Å². The van der Waals surface area contributed by atoms with Gasteiger partial charge >= 0.3 is 6.03 Å². The topological polar surface area (TPSA) is 57.7 Å². The summed E-state index contributed by atoms with van der Waals surface area (Å²) >= 11 is 0. The molecule has 2 aromatic rings. The second-order valence-electron chi connectivity index (χ2n) is 5.57. The number of fused-ring (bicyclic) bond motifs is 1. The Morgan fingerprint density at radius 1 is 1.39 bits per heavy atom. The zero-order valence-corrected chi connectivity index (χ0v) is 13.3. The minimum atomic E-state index is -0.129. The number of aromatic nitrogens is 1. The number of benzene rings is 1. The monoisotopic (exact) mass is 312 g/mol. The maximum atomic E-state index is 12.5. The van der Waals surface area contributed by atoms with E-state index >= 15 is 0 Å². The summed E-state index contributed by atoms with van der Waals surface area (Å²) in [4.78, 5) is 20.3. The van der Waals surface area contributed by atoms with Crippen LogP contribution in [-0.4, -0.2) is 38.3 Å². The van der Waals surface area contributed by atoms with Gasteiger partial charge in [-0.15, -0.1) is 0 Å². The Labute approximate surface area is 135 Å². The molecule has 1 aliphatic heterocycles. The van der Waals surface area contributed by atoms with E-state index in [9.17, 15) is 4.79 Å². The van der Waals surface area contributed by atoms with Gasteiger partial charge in [0.05, 0.1) is 12.2 Å². The molecule has 6 nitrogen and oxygen atoms in total. The summed E-state index contributed by atoms with van der Waals surface area (Å²) in [5.74, 6) is 0.735. The predicted octanol–water partition coefficient (Wildman–Crippen LogP) is 2.26. The summed E-state index contributed by atoms with van der Waals surface area (Å²) in [5, 5.41) is 2.93. The molecule has 1 N–H and O–H groups in total. The number of rotatable bonds is 3. The van der Waals surface area contributed by atoms with Crippen LogP contribution in [-0.2, 0) is 6.54 Å². The van der Waals surface area contributed by atoms with Gasteiger partial charge in [-0.1, -0.05) is 6.07 Å². The van der Waals surface area contributed by atoms with Crippen molar-refractivity contribution in [1.29, 1.82) is 0 Å². The predicted molar refractivity (Wildman–Crippen MR) is 90.1 cm³/mol. The molecule has 6 heteroatoms. The van der Waals surface area contributed by atoms with Crippen LogP contribution in [0.1, 0.15) is 5.56 Å². The third kappa shape index (κ3) is 3.36. The fourth-order valence-corrected chi connectivity index (χ4v) is 2.47. The van der Waals surface area contributed by atoms with Gasteiger partial charge in [-0.3, -0.25) is 9.88 Å². The quantitative estimate of drug-likeness (QED) is 0.944. The minimum Gasteiger partial charge on any atom is -0.489 e. The molecule has 0 fully saturated rings. The molecule has 2 amide bonds. The lowest BCUT2D eigenvalue weighted by Gasteiger charge is -2.30. The average molecular weight is 312 g/mol. The Kier molecular flexibility index (Phi) is 4.32. The lowest BCUT2D eigenvalue weighted by atomic mass is 10.2. The number of carbonyl (C=O) groups excluding carboxylic acids is 1. The molecule has 0 saturated carbocycles. The molecular weight excluding hydrogens is 292 g/mol. The highest BCUT2D eigenvalue weighted by Crippen LogP contribution is 2.34. The molecule has 0 radical (unpaired) electrons. The number of pyridine rings is 1. The molecule has 2 heterocycles. The number of hydrogen-bond acceptors (Lipinski definition) is 4. The van der Waals surface area contributed by atoms with Crippen molar-refractivity contribution in [2.24, 2.45) is 0 Å². The van der Waals surface area contributed by atoms with E-state index in [1.807, 2.05) is 49.3 Å². The fourth-order valence-electron chi connectivity index (χ4n) is 2.47. The zero-order valence-electron chi connectivity index (χ0n) is 13.3. The number of nitrogens with zero attached hydrogens (tertiary/aromatic N) is 3. The van der Waals surface area contributed by atoms with Crippen LogP contribution < -0.4 is 19.9 Å². The first-order chi connectivity index (χ1) is 11.1. The Hall–Kier alpha value is -2.76. The first-order valence-corrected chi connectivity index (χ1v) is 7.53. The molecule has 1 aromatic carbocycles. The van der Waals surface area contributed by atoms with Crippen LogP contribution in [0.3, 0.4) is 0 Å². The van der Waals surface area contributed by atoms with E-state index in [1.165, 1.54) is 0 Å². The lowest BCUT2D eigenvalue weighted by molar-refractivity contribution is 0.239. The van der Waals surface area contributed by atoms with Gasteiger partial charge in [0.25, 0.3) is 0 Å². The standard InChI is InChI=1S/C17H20N4O2/c1-20(2)14-5-6-15-16(10-14)23-9-8-21(15)17(22)19-12-13-4-3-7-18-11-13/h3-7,10-11H,8-9,12H2,1-2H3,(H,19,22). The van der Waals surface area contributed by atoms with E-state index in [0.29, 0.717) is 19.7 Å². The van der Waals surface area contributed by atoms with Gasteiger partial charge in [0.2, 0.25) is 0 Å². The third-order valence-electron chi connectivity index (χ3n) is 3.73. The molecule has 0 aliphatic carbocycles. The summed E-state index contributed by atoms with van der Waals surface area (Å²) in [5.41, 5.74) is 2.81. The highest BCUT2D eigenvalue weighted by molar-refractivity contribution is 5.94. The first kappa shape index (κ1) is 15.1. The summed E-state index contributed by atoms with van der Waals surface area (Å²) in [7, 11) is 3.95. The minimum absolute atomic E-state index is 0.129. The Morgan fingerprint density at radius 2 is 2.26 bits per heavy atom.